The molecule has 0 spiro atoms. The molecule has 2 heterocycles. The predicted octanol–water partition coefficient (Wildman–Crippen LogP) is 6.66. The molecule has 0 bridgehead atoms. The second kappa shape index (κ2) is 6.22. The molecule has 4 rings (SSSR count). The summed E-state index contributed by atoms with van der Waals surface area (Å²) in [4.78, 5) is 8.79. The monoisotopic (exact) mass is 400 g/mol. The number of aryl methyl sites for hydroxylation is 2. The van der Waals surface area contributed by atoms with Crippen LogP contribution in [0, 0.1) is 13.8 Å². The van der Waals surface area contributed by atoms with Gasteiger partial charge in [0.25, 0.3) is 0 Å². The minimum absolute atomic E-state index is 0.0540. The number of anilines is 1. The van der Waals surface area contributed by atoms with Crippen LogP contribution in [0.3, 0.4) is 0 Å². The highest BCUT2D eigenvalue weighted by Gasteiger charge is 2.37. The first kappa shape index (κ1) is 17.8. The van der Waals surface area contributed by atoms with Gasteiger partial charge in [0.05, 0.1) is 16.1 Å². The summed E-state index contributed by atoms with van der Waals surface area (Å²) in [5.74, 6) is 0. The van der Waals surface area contributed by atoms with Crippen molar-refractivity contribution >= 4 is 43.7 Å². The lowest BCUT2D eigenvalue weighted by Crippen LogP contribution is -2.41. The maximum absolute atomic E-state index is 6.11. The molecule has 3 aromatic rings. The molecule has 5 heteroatoms. The van der Waals surface area contributed by atoms with Crippen molar-refractivity contribution < 1.29 is 0 Å². The van der Waals surface area contributed by atoms with Crippen molar-refractivity contribution in [1.82, 2.24) is 0 Å². The lowest BCUT2D eigenvalue weighted by Gasteiger charge is -2.42. The fourth-order valence-corrected chi connectivity index (χ4v) is 6.66. The van der Waals surface area contributed by atoms with Gasteiger partial charge in [-0.25, -0.2) is 4.99 Å². The molecule has 1 aliphatic rings. The first-order valence-electron chi connectivity index (χ1n) is 8.58. The Kier molecular flexibility index (Phi) is 4.25. The normalized spacial score (nSPS) is 15.8. The van der Waals surface area contributed by atoms with Gasteiger partial charge in [-0.05, 0) is 63.6 Å². The number of hydrogen-bond acceptors (Lipinski definition) is 4. The van der Waals surface area contributed by atoms with Crippen molar-refractivity contribution in [2.24, 2.45) is 4.99 Å². The van der Waals surface area contributed by atoms with Gasteiger partial charge in [0.1, 0.15) is 4.67 Å². The van der Waals surface area contributed by atoms with Gasteiger partial charge in [-0.15, -0.1) is 0 Å². The van der Waals surface area contributed by atoms with E-state index in [4.69, 9.17) is 16.6 Å². The van der Waals surface area contributed by atoms with E-state index < -0.39 is 0 Å². The molecule has 2 aromatic carbocycles. The molecule has 134 valence electrons. The summed E-state index contributed by atoms with van der Waals surface area (Å²) in [6, 6.07) is 12.6. The van der Waals surface area contributed by atoms with Crippen LogP contribution in [0.2, 0.25) is 5.02 Å². The quantitative estimate of drug-likeness (QED) is 0.417. The van der Waals surface area contributed by atoms with Gasteiger partial charge in [-0.2, -0.15) is 0 Å². The standard InChI is InChI=1S/C21H21ClN2S2/c1-12-6-9-17-15(10-12)18-19(21(3,4)24(17)5)25-26-20(18)23-16-8-7-14(22)11-13(16)2/h6-11H,1-5H3. The van der Waals surface area contributed by atoms with Crippen LogP contribution in [0.25, 0.3) is 11.1 Å². The Balaban J connectivity index is 2.02. The van der Waals surface area contributed by atoms with E-state index in [0.717, 1.165) is 20.9 Å². The highest BCUT2D eigenvalue weighted by atomic mass is 35.5. The molecule has 1 aromatic heterocycles. The van der Waals surface area contributed by atoms with Crippen LogP contribution in [0.5, 0.6) is 0 Å². The molecule has 0 aliphatic carbocycles. The number of fused-ring (bicyclic) bond motifs is 3. The third-order valence-corrected chi connectivity index (χ3v) is 8.07. The van der Waals surface area contributed by atoms with Crippen LogP contribution < -0.4 is 9.57 Å². The zero-order valence-electron chi connectivity index (χ0n) is 15.6. The molecule has 0 unspecified atom stereocenters. The van der Waals surface area contributed by atoms with Crippen molar-refractivity contribution in [2.45, 2.75) is 33.2 Å². The SMILES string of the molecule is Cc1ccc2c(c1)-c1c(ssc1=Nc1ccc(Cl)cc1C)C(C)(C)N2C. The molecule has 2 nitrogen and oxygen atoms in total. The molecule has 0 amide bonds. The number of nitrogens with zero attached hydrogens (tertiary/aromatic N) is 2. The Hall–Kier alpha value is -1.62. The Labute approximate surface area is 166 Å². The third-order valence-electron chi connectivity index (χ3n) is 5.20. The molecular formula is C21H21ClN2S2. The van der Waals surface area contributed by atoms with Crippen LogP contribution >= 0.6 is 32.3 Å². The highest BCUT2D eigenvalue weighted by Crippen LogP contribution is 2.48. The van der Waals surface area contributed by atoms with Crippen molar-refractivity contribution in [1.29, 1.82) is 0 Å². The molecule has 1 aliphatic heterocycles. The van der Waals surface area contributed by atoms with Crippen molar-refractivity contribution in [2.75, 3.05) is 11.9 Å². The minimum atomic E-state index is -0.0540. The van der Waals surface area contributed by atoms with E-state index in [1.54, 1.807) is 10.3 Å². The maximum atomic E-state index is 6.11. The van der Waals surface area contributed by atoms with E-state index in [1.807, 2.05) is 28.5 Å². The van der Waals surface area contributed by atoms with E-state index in [-0.39, 0.29) is 5.54 Å². The fraction of sp³-hybridized carbons (Fsp3) is 0.286. The lowest BCUT2D eigenvalue weighted by molar-refractivity contribution is 0.521. The van der Waals surface area contributed by atoms with Crippen LogP contribution in [0.4, 0.5) is 11.4 Å². The largest absolute Gasteiger partial charge is 0.364 e. The predicted molar refractivity (Wildman–Crippen MR) is 115 cm³/mol. The number of rotatable bonds is 1. The van der Waals surface area contributed by atoms with Gasteiger partial charge < -0.3 is 4.90 Å². The van der Waals surface area contributed by atoms with E-state index in [9.17, 15) is 0 Å². The van der Waals surface area contributed by atoms with Crippen molar-refractivity contribution in [3.63, 3.8) is 0 Å². The zero-order chi connectivity index (χ0) is 18.6. The zero-order valence-corrected chi connectivity index (χ0v) is 17.9. The minimum Gasteiger partial charge on any atom is -0.364 e. The Bertz CT molecular complexity index is 1080. The van der Waals surface area contributed by atoms with Crippen molar-refractivity contribution in [3.05, 3.63) is 62.1 Å². The first-order chi connectivity index (χ1) is 12.3. The van der Waals surface area contributed by atoms with Gasteiger partial charge >= 0.3 is 0 Å². The van der Waals surface area contributed by atoms with Gasteiger partial charge in [-0.1, -0.05) is 43.9 Å². The average Bonchev–Trinajstić information content (AvgIpc) is 3.00. The summed E-state index contributed by atoms with van der Waals surface area (Å²) >= 11 is 6.11. The molecule has 0 fully saturated rings. The summed E-state index contributed by atoms with van der Waals surface area (Å²) in [7, 11) is 5.78. The van der Waals surface area contributed by atoms with Gasteiger partial charge in [0.15, 0.2) is 0 Å². The average molecular weight is 401 g/mol. The summed E-state index contributed by atoms with van der Waals surface area (Å²) in [5.41, 5.74) is 7.14. The van der Waals surface area contributed by atoms with Crippen LogP contribution in [0.1, 0.15) is 29.9 Å². The summed E-state index contributed by atoms with van der Waals surface area (Å²) in [6.45, 7) is 8.78. The van der Waals surface area contributed by atoms with E-state index in [2.05, 4.69) is 57.8 Å². The number of halogens is 1. The smallest absolute Gasteiger partial charge is 0.135 e. The fourth-order valence-electron chi connectivity index (χ4n) is 3.43. The number of benzene rings is 2. The molecular weight excluding hydrogens is 380 g/mol. The third kappa shape index (κ3) is 2.72. The maximum Gasteiger partial charge on any atom is 0.135 e. The molecule has 0 saturated carbocycles. The Morgan fingerprint density at radius 2 is 1.81 bits per heavy atom. The molecule has 0 saturated heterocycles. The molecule has 0 atom stereocenters. The topological polar surface area (TPSA) is 15.6 Å². The number of hydrogen-bond donors (Lipinski definition) is 0. The summed E-state index contributed by atoms with van der Waals surface area (Å²) in [5, 5.41) is 0.751. The van der Waals surface area contributed by atoms with Crippen LogP contribution in [-0.2, 0) is 5.54 Å². The van der Waals surface area contributed by atoms with Gasteiger partial charge in [0.2, 0.25) is 0 Å². The molecule has 0 radical (unpaired) electrons. The Morgan fingerprint density at radius 1 is 1.04 bits per heavy atom. The van der Waals surface area contributed by atoms with E-state index in [1.165, 1.54) is 27.3 Å². The van der Waals surface area contributed by atoms with E-state index >= 15 is 0 Å². The lowest BCUT2D eigenvalue weighted by atomic mass is 9.87. The van der Waals surface area contributed by atoms with Crippen LogP contribution in [0.15, 0.2) is 41.4 Å². The van der Waals surface area contributed by atoms with Crippen molar-refractivity contribution in [3.8, 4) is 11.1 Å². The molecule has 0 N–H and O–H groups in total. The summed E-state index contributed by atoms with van der Waals surface area (Å²) in [6.07, 6.45) is 0. The van der Waals surface area contributed by atoms with Crippen LogP contribution in [-0.4, -0.2) is 7.05 Å². The Morgan fingerprint density at radius 3 is 2.54 bits per heavy atom. The van der Waals surface area contributed by atoms with E-state index in [0.29, 0.717) is 0 Å². The highest BCUT2D eigenvalue weighted by molar-refractivity contribution is 7.68. The second-order valence-electron chi connectivity index (χ2n) is 7.36. The van der Waals surface area contributed by atoms with Gasteiger partial charge in [-0.3, -0.25) is 0 Å². The first-order valence-corrected chi connectivity index (χ1v) is 11.1. The molecule has 26 heavy (non-hydrogen) atoms. The van der Waals surface area contributed by atoms with Gasteiger partial charge in [0, 0.05) is 28.9 Å². The second-order valence-corrected chi connectivity index (χ2v) is 9.92. The summed E-state index contributed by atoms with van der Waals surface area (Å²) < 4.78 is 1.09.